The zero-order chi connectivity index (χ0) is 24.9. The molecular formula is C28H23F2N5. The maximum atomic E-state index is 15.1. The molecule has 174 valence electrons. The van der Waals surface area contributed by atoms with Crippen molar-refractivity contribution in [1.29, 1.82) is 0 Å². The number of hydrogen-bond donors (Lipinski definition) is 2. The molecule has 1 heterocycles. The van der Waals surface area contributed by atoms with E-state index in [0.717, 1.165) is 11.1 Å². The minimum atomic E-state index is -0.449. The smallest absolute Gasteiger partial charge is 0.141 e. The molecule has 0 amide bonds. The summed E-state index contributed by atoms with van der Waals surface area (Å²) in [5, 5.41) is 0. The number of halogens is 2. The third-order valence-electron chi connectivity index (χ3n) is 5.35. The molecule has 3 aromatic carbocycles. The Morgan fingerprint density at radius 2 is 1.54 bits per heavy atom. The number of anilines is 1. The summed E-state index contributed by atoms with van der Waals surface area (Å²) in [6.07, 6.45) is 5.89. The highest BCUT2D eigenvalue weighted by molar-refractivity contribution is 5.86. The van der Waals surface area contributed by atoms with Gasteiger partial charge in [0, 0.05) is 23.0 Å². The summed E-state index contributed by atoms with van der Waals surface area (Å²) in [4.78, 5) is 12.3. The first-order valence-corrected chi connectivity index (χ1v) is 10.8. The molecule has 0 bridgehead atoms. The first-order valence-electron chi connectivity index (χ1n) is 10.8. The van der Waals surface area contributed by atoms with E-state index in [1.165, 1.54) is 30.7 Å². The predicted octanol–water partition coefficient (Wildman–Crippen LogP) is 6.24. The normalized spacial score (nSPS) is 11.7. The quantitative estimate of drug-likeness (QED) is 0.328. The number of aromatic nitrogens is 2. The summed E-state index contributed by atoms with van der Waals surface area (Å²) >= 11 is 0. The van der Waals surface area contributed by atoms with Crippen LogP contribution in [0.5, 0.6) is 0 Å². The van der Waals surface area contributed by atoms with E-state index < -0.39 is 11.6 Å². The summed E-state index contributed by atoms with van der Waals surface area (Å²) in [6.45, 7) is 5.34. The summed E-state index contributed by atoms with van der Waals surface area (Å²) < 4.78 is 30.2. The number of nitrogens with zero attached hydrogens (tertiary/aromatic N) is 3. The van der Waals surface area contributed by atoms with E-state index in [0.29, 0.717) is 33.6 Å². The molecule has 0 saturated carbocycles. The van der Waals surface area contributed by atoms with Crippen LogP contribution in [0.3, 0.4) is 0 Å². The molecule has 0 unspecified atom stereocenters. The monoisotopic (exact) mass is 467 g/mol. The molecule has 0 aliphatic carbocycles. The van der Waals surface area contributed by atoms with E-state index in [2.05, 4.69) is 21.5 Å². The van der Waals surface area contributed by atoms with Gasteiger partial charge in [0.2, 0.25) is 0 Å². The molecule has 0 spiro atoms. The second kappa shape index (κ2) is 10.1. The van der Waals surface area contributed by atoms with Gasteiger partial charge in [0.25, 0.3) is 0 Å². The van der Waals surface area contributed by atoms with Crippen LogP contribution in [-0.4, -0.2) is 16.2 Å². The highest BCUT2D eigenvalue weighted by Crippen LogP contribution is 2.35. The fourth-order valence-electron chi connectivity index (χ4n) is 3.70. The number of benzene rings is 3. The van der Waals surface area contributed by atoms with Crippen molar-refractivity contribution in [3.8, 4) is 33.5 Å². The van der Waals surface area contributed by atoms with Gasteiger partial charge in [-0.15, -0.1) is 0 Å². The Balaban J connectivity index is 1.72. The molecule has 0 saturated heterocycles. The number of hydrogen-bond acceptors (Lipinski definition) is 5. The fourth-order valence-corrected chi connectivity index (χ4v) is 3.70. The third kappa shape index (κ3) is 5.14. The number of allylic oxidation sites excluding steroid dienone is 2. The van der Waals surface area contributed by atoms with Gasteiger partial charge in [-0.25, -0.2) is 13.8 Å². The second-order valence-electron chi connectivity index (χ2n) is 7.77. The number of rotatable bonds is 6. The third-order valence-corrected chi connectivity index (χ3v) is 5.35. The lowest BCUT2D eigenvalue weighted by atomic mass is 9.93. The van der Waals surface area contributed by atoms with Gasteiger partial charge in [0.1, 0.15) is 17.5 Å². The van der Waals surface area contributed by atoms with Crippen molar-refractivity contribution < 1.29 is 8.78 Å². The molecule has 0 aliphatic rings. The molecule has 7 heteroatoms. The van der Waals surface area contributed by atoms with E-state index >= 15 is 8.78 Å². The summed E-state index contributed by atoms with van der Waals surface area (Å²) in [5.74, 6) is -0.625. The van der Waals surface area contributed by atoms with Crippen LogP contribution >= 0.6 is 0 Å². The van der Waals surface area contributed by atoms with Crippen LogP contribution in [-0.2, 0) is 0 Å². The molecule has 0 fully saturated rings. The molecule has 4 rings (SSSR count). The molecule has 0 aliphatic heterocycles. The zero-order valence-corrected chi connectivity index (χ0v) is 19.0. The average molecular weight is 468 g/mol. The van der Waals surface area contributed by atoms with Crippen molar-refractivity contribution in [2.45, 2.75) is 6.92 Å². The topological polar surface area (TPSA) is 90.2 Å². The van der Waals surface area contributed by atoms with E-state index in [9.17, 15) is 0 Å². The Morgan fingerprint density at radius 1 is 0.886 bits per heavy atom. The fraction of sp³-hybridized carbons (Fsp3) is 0.0357. The minimum absolute atomic E-state index is 0.260. The van der Waals surface area contributed by atoms with Gasteiger partial charge in [-0.2, -0.15) is 0 Å². The molecule has 35 heavy (non-hydrogen) atoms. The van der Waals surface area contributed by atoms with Gasteiger partial charge in [0.15, 0.2) is 0 Å². The maximum Gasteiger partial charge on any atom is 0.141 e. The average Bonchev–Trinajstić information content (AvgIpc) is 2.85. The van der Waals surface area contributed by atoms with Crippen molar-refractivity contribution in [1.82, 2.24) is 9.97 Å². The summed E-state index contributed by atoms with van der Waals surface area (Å²) in [6, 6.07) is 17.2. The van der Waals surface area contributed by atoms with Crippen LogP contribution in [0.2, 0.25) is 0 Å². The van der Waals surface area contributed by atoms with E-state index in [1.54, 1.807) is 31.2 Å². The van der Waals surface area contributed by atoms with E-state index in [4.69, 9.17) is 11.5 Å². The van der Waals surface area contributed by atoms with Crippen LogP contribution in [0, 0.1) is 11.6 Å². The van der Waals surface area contributed by atoms with Gasteiger partial charge in [-0.05, 0) is 53.4 Å². The Hall–Kier alpha value is -4.65. The number of nitrogen functional groups attached to an aromatic ring is 1. The Morgan fingerprint density at radius 3 is 2.09 bits per heavy atom. The largest absolute Gasteiger partial charge is 0.398 e. The lowest BCUT2D eigenvalue weighted by Gasteiger charge is -2.13. The molecule has 4 N–H and O–H groups in total. The first-order chi connectivity index (χ1) is 16.9. The van der Waals surface area contributed by atoms with Gasteiger partial charge in [-0.3, -0.25) is 9.98 Å². The Labute approximate surface area is 202 Å². The SMILES string of the molecule is C=C(N)C=N/C(=C\C)c1ccc(-c2ccccc2-c2ccc(-c3cnc(N)cn3)c(F)c2)cc1F. The molecule has 0 atom stereocenters. The maximum absolute atomic E-state index is 15.1. The van der Waals surface area contributed by atoms with Crippen LogP contribution in [0.1, 0.15) is 12.5 Å². The van der Waals surface area contributed by atoms with Crippen LogP contribution < -0.4 is 11.5 Å². The van der Waals surface area contributed by atoms with Crippen molar-refractivity contribution in [2.75, 3.05) is 5.73 Å². The van der Waals surface area contributed by atoms with Crippen LogP contribution in [0.15, 0.2) is 96.4 Å². The predicted molar refractivity (Wildman–Crippen MR) is 138 cm³/mol. The van der Waals surface area contributed by atoms with E-state index in [-0.39, 0.29) is 11.5 Å². The first kappa shape index (κ1) is 23.5. The second-order valence-corrected chi connectivity index (χ2v) is 7.77. The van der Waals surface area contributed by atoms with Crippen molar-refractivity contribution in [3.05, 3.63) is 109 Å². The van der Waals surface area contributed by atoms with Crippen molar-refractivity contribution in [3.63, 3.8) is 0 Å². The highest BCUT2D eigenvalue weighted by atomic mass is 19.1. The Bertz CT molecular complexity index is 1460. The summed E-state index contributed by atoms with van der Waals surface area (Å²) in [5.41, 5.74) is 15.7. The molecule has 4 aromatic rings. The van der Waals surface area contributed by atoms with Crippen molar-refractivity contribution >= 4 is 17.7 Å². The number of nitrogens with two attached hydrogens (primary N) is 2. The standard InChI is InChI=1S/C28H23F2N5/c1-3-26(33-14-17(2)31)22-10-8-18(12-24(22)29)20-6-4-5-7-21(20)19-9-11-23(25(30)13-19)27-15-35-28(32)16-34-27/h3-16H,2,31H2,1H3,(H2,32,35)/b26-3-,33-14?. The molecule has 1 aromatic heterocycles. The molecule has 0 radical (unpaired) electrons. The van der Waals surface area contributed by atoms with Gasteiger partial charge in [0.05, 0.1) is 23.8 Å². The summed E-state index contributed by atoms with van der Waals surface area (Å²) in [7, 11) is 0. The number of aliphatic imine (C=N–C) groups is 1. The van der Waals surface area contributed by atoms with Gasteiger partial charge < -0.3 is 11.5 Å². The van der Waals surface area contributed by atoms with Crippen LogP contribution in [0.25, 0.3) is 39.2 Å². The minimum Gasteiger partial charge on any atom is -0.398 e. The zero-order valence-electron chi connectivity index (χ0n) is 19.0. The lowest BCUT2D eigenvalue weighted by molar-refractivity contribution is 0.624. The lowest BCUT2D eigenvalue weighted by Crippen LogP contribution is -1.96. The van der Waals surface area contributed by atoms with E-state index in [1.807, 2.05) is 30.3 Å². The molecular weight excluding hydrogens is 444 g/mol. The Kier molecular flexibility index (Phi) is 6.78. The van der Waals surface area contributed by atoms with Crippen LogP contribution in [0.4, 0.5) is 14.6 Å². The molecule has 5 nitrogen and oxygen atoms in total. The van der Waals surface area contributed by atoms with Gasteiger partial charge >= 0.3 is 0 Å². The van der Waals surface area contributed by atoms with Crippen molar-refractivity contribution in [2.24, 2.45) is 10.7 Å². The highest BCUT2D eigenvalue weighted by Gasteiger charge is 2.14. The van der Waals surface area contributed by atoms with Gasteiger partial charge in [-0.1, -0.05) is 49.1 Å².